The van der Waals surface area contributed by atoms with E-state index in [1.165, 1.54) is 19.1 Å². The summed E-state index contributed by atoms with van der Waals surface area (Å²) >= 11 is 0. The summed E-state index contributed by atoms with van der Waals surface area (Å²) in [5, 5.41) is 3.29. The molecule has 1 rings (SSSR count). The van der Waals surface area contributed by atoms with Crippen LogP contribution >= 0.6 is 0 Å². The number of nitrogens with one attached hydrogen (secondary N) is 1. The minimum Gasteiger partial charge on any atom is -0.279 e. The standard InChI is InChI=1S/C9H9F3N2/c1-6-3-4-7(14-13-2)5-8(6)9(10,11)12/h3-5,14H,2H2,1H3. The van der Waals surface area contributed by atoms with E-state index in [0.29, 0.717) is 0 Å². The Kier molecular flexibility index (Phi) is 2.78. The maximum atomic E-state index is 12.4. The molecule has 1 aromatic carbocycles. The summed E-state index contributed by atoms with van der Waals surface area (Å²) < 4.78 is 37.2. The van der Waals surface area contributed by atoms with Gasteiger partial charge in [0.05, 0.1) is 11.3 Å². The molecule has 1 N–H and O–H groups in total. The second kappa shape index (κ2) is 3.69. The van der Waals surface area contributed by atoms with Gasteiger partial charge >= 0.3 is 6.18 Å². The molecule has 0 spiro atoms. The zero-order valence-electron chi connectivity index (χ0n) is 7.52. The summed E-state index contributed by atoms with van der Waals surface area (Å²) in [5.74, 6) is 0. The van der Waals surface area contributed by atoms with E-state index in [4.69, 9.17) is 0 Å². The van der Waals surface area contributed by atoms with Crippen LogP contribution in [0, 0.1) is 6.92 Å². The zero-order chi connectivity index (χ0) is 10.8. The zero-order valence-corrected chi connectivity index (χ0v) is 7.52. The van der Waals surface area contributed by atoms with Crippen LogP contribution in [0.3, 0.4) is 0 Å². The highest BCUT2D eigenvalue weighted by molar-refractivity contribution is 5.50. The molecule has 0 amide bonds. The summed E-state index contributed by atoms with van der Waals surface area (Å²) in [6, 6.07) is 3.90. The normalized spacial score (nSPS) is 11.1. The highest BCUT2D eigenvalue weighted by atomic mass is 19.4. The van der Waals surface area contributed by atoms with Crippen LogP contribution < -0.4 is 5.43 Å². The van der Waals surface area contributed by atoms with Crippen LogP contribution in [0.2, 0.25) is 0 Å². The summed E-state index contributed by atoms with van der Waals surface area (Å²) in [6.45, 7) is 4.54. The van der Waals surface area contributed by atoms with Crippen LogP contribution in [0.1, 0.15) is 11.1 Å². The monoisotopic (exact) mass is 202 g/mol. The highest BCUT2D eigenvalue weighted by Crippen LogP contribution is 2.33. The summed E-state index contributed by atoms with van der Waals surface area (Å²) in [5.41, 5.74) is 2.16. The van der Waals surface area contributed by atoms with Crippen LogP contribution in [0.15, 0.2) is 23.3 Å². The van der Waals surface area contributed by atoms with Gasteiger partial charge in [0, 0.05) is 6.72 Å². The van der Waals surface area contributed by atoms with Crippen LogP contribution in [0.4, 0.5) is 18.9 Å². The van der Waals surface area contributed by atoms with E-state index in [9.17, 15) is 13.2 Å². The lowest BCUT2D eigenvalue weighted by molar-refractivity contribution is -0.138. The van der Waals surface area contributed by atoms with Gasteiger partial charge in [-0.05, 0) is 24.6 Å². The Hall–Kier alpha value is -1.52. The average Bonchev–Trinajstić information content (AvgIpc) is 2.07. The van der Waals surface area contributed by atoms with Gasteiger partial charge in [0.2, 0.25) is 0 Å². The van der Waals surface area contributed by atoms with E-state index >= 15 is 0 Å². The molecule has 0 radical (unpaired) electrons. The summed E-state index contributed by atoms with van der Waals surface area (Å²) in [4.78, 5) is 0. The van der Waals surface area contributed by atoms with E-state index in [-0.39, 0.29) is 11.3 Å². The van der Waals surface area contributed by atoms with E-state index in [1.54, 1.807) is 0 Å². The molecule has 2 nitrogen and oxygen atoms in total. The number of rotatable bonds is 2. The van der Waals surface area contributed by atoms with Gasteiger partial charge in [0.25, 0.3) is 0 Å². The average molecular weight is 202 g/mol. The minimum absolute atomic E-state index is 0.187. The highest BCUT2D eigenvalue weighted by Gasteiger charge is 2.32. The predicted molar refractivity (Wildman–Crippen MR) is 49.4 cm³/mol. The third-order valence-corrected chi connectivity index (χ3v) is 1.75. The lowest BCUT2D eigenvalue weighted by Gasteiger charge is -2.11. The molecule has 76 valence electrons. The second-order valence-corrected chi connectivity index (χ2v) is 2.80. The molecular formula is C9H9F3N2. The maximum absolute atomic E-state index is 12.4. The maximum Gasteiger partial charge on any atom is 0.416 e. The molecular weight excluding hydrogens is 193 g/mol. The summed E-state index contributed by atoms with van der Waals surface area (Å²) in [6.07, 6.45) is -4.33. The molecule has 0 aliphatic carbocycles. The lowest BCUT2D eigenvalue weighted by Crippen LogP contribution is -2.07. The van der Waals surface area contributed by atoms with Crippen molar-refractivity contribution < 1.29 is 13.2 Å². The molecule has 14 heavy (non-hydrogen) atoms. The topological polar surface area (TPSA) is 24.4 Å². The first-order valence-corrected chi connectivity index (χ1v) is 3.84. The number of hydrogen-bond donors (Lipinski definition) is 1. The third-order valence-electron chi connectivity index (χ3n) is 1.75. The van der Waals surface area contributed by atoms with Crippen molar-refractivity contribution in [3.63, 3.8) is 0 Å². The molecule has 0 saturated carbocycles. The fourth-order valence-corrected chi connectivity index (χ4v) is 1.09. The molecule has 0 heterocycles. The molecule has 0 aliphatic heterocycles. The SMILES string of the molecule is C=NNc1ccc(C)c(C(F)(F)F)c1. The Labute approximate surface area is 79.4 Å². The Morgan fingerprint density at radius 1 is 1.36 bits per heavy atom. The van der Waals surface area contributed by atoms with Gasteiger partial charge in [0.15, 0.2) is 0 Å². The Morgan fingerprint density at radius 3 is 2.50 bits per heavy atom. The smallest absolute Gasteiger partial charge is 0.279 e. The quantitative estimate of drug-likeness (QED) is 0.578. The van der Waals surface area contributed by atoms with Gasteiger partial charge in [-0.1, -0.05) is 6.07 Å². The lowest BCUT2D eigenvalue weighted by atomic mass is 10.1. The molecule has 0 aliphatic rings. The van der Waals surface area contributed by atoms with E-state index in [2.05, 4.69) is 17.2 Å². The number of hydrogen-bond acceptors (Lipinski definition) is 2. The van der Waals surface area contributed by atoms with Gasteiger partial charge in [0.1, 0.15) is 0 Å². The number of hydrazone groups is 1. The minimum atomic E-state index is -4.33. The Bertz CT molecular complexity index is 344. The van der Waals surface area contributed by atoms with Crippen molar-refractivity contribution in [1.82, 2.24) is 0 Å². The second-order valence-electron chi connectivity index (χ2n) is 2.80. The van der Waals surface area contributed by atoms with Gasteiger partial charge in [-0.15, -0.1) is 0 Å². The number of benzene rings is 1. The molecule has 0 fully saturated rings. The van der Waals surface area contributed by atoms with Crippen LogP contribution in [0.25, 0.3) is 0 Å². The van der Waals surface area contributed by atoms with E-state index in [1.807, 2.05) is 0 Å². The van der Waals surface area contributed by atoms with Crippen molar-refractivity contribution in [3.8, 4) is 0 Å². The van der Waals surface area contributed by atoms with Crippen molar-refractivity contribution in [1.29, 1.82) is 0 Å². The number of anilines is 1. The van der Waals surface area contributed by atoms with Gasteiger partial charge in [-0.2, -0.15) is 18.3 Å². The molecule has 0 atom stereocenters. The van der Waals surface area contributed by atoms with Crippen LogP contribution in [-0.2, 0) is 6.18 Å². The molecule has 5 heteroatoms. The number of alkyl halides is 3. The number of halogens is 3. The van der Waals surface area contributed by atoms with Gasteiger partial charge in [-0.25, -0.2) is 0 Å². The molecule has 0 bridgehead atoms. The van der Waals surface area contributed by atoms with Crippen molar-refractivity contribution in [2.24, 2.45) is 5.10 Å². The Balaban J connectivity index is 3.15. The van der Waals surface area contributed by atoms with Crippen molar-refractivity contribution in [3.05, 3.63) is 29.3 Å². The first kappa shape index (κ1) is 10.6. The predicted octanol–water partition coefficient (Wildman–Crippen LogP) is 3.04. The van der Waals surface area contributed by atoms with Crippen molar-refractivity contribution >= 4 is 12.4 Å². The first-order valence-electron chi connectivity index (χ1n) is 3.84. The van der Waals surface area contributed by atoms with Gasteiger partial charge in [-0.3, -0.25) is 5.43 Å². The first-order chi connectivity index (χ1) is 6.45. The fraction of sp³-hybridized carbons (Fsp3) is 0.222. The van der Waals surface area contributed by atoms with E-state index in [0.717, 1.165) is 6.07 Å². The molecule has 0 saturated heterocycles. The Morgan fingerprint density at radius 2 is 2.00 bits per heavy atom. The molecule has 0 unspecified atom stereocenters. The number of nitrogens with zero attached hydrogens (tertiary/aromatic N) is 1. The summed E-state index contributed by atoms with van der Waals surface area (Å²) in [7, 11) is 0. The molecule has 0 aromatic heterocycles. The largest absolute Gasteiger partial charge is 0.416 e. The fourth-order valence-electron chi connectivity index (χ4n) is 1.09. The van der Waals surface area contributed by atoms with E-state index < -0.39 is 11.7 Å². The van der Waals surface area contributed by atoms with Crippen molar-refractivity contribution in [2.75, 3.05) is 5.43 Å². The van der Waals surface area contributed by atoms with Crippen LogP contribution in [-0.4, -0.2) is 6.72 Å². The number of aryl methyl sites for hydroxylation is 1. The van der Waals surface area contributed by atoms with Crippen molar-refractivity contribution in [2.45, 2.75) is 13.1 Å². The molecule has 1 aromatic rings. The van der Waals surface area contributed by atoms with Crippen LogP contribution in [0.5, 0.6) is 0 Å². The third kappa shape index (κ3) is 2.25. The van der Waals surface area contributed by atoms with Gasteiger partial charge < -0.3 is 0 Å².